The number of rotatable bonds is 4. The van der Waals surface area contributed by atoms with Gasteiger partial charge in [0.15, 0.2) is 7.28 Å². The number of hydrogen-bond acceptors (Lipinski definition) is 1. The highest BCUT2D eigenvalue weighted by Gasteiger charge is 2.31. The number of nitrogens with zero attached hydrogens (tertiary/aromatic N) is 2. The van der Waals surface area contributed by atoms with Crippen LogP contribution in [0.5, 0.6) is 0 Å². The van der Waals surface area contributed by atoms with Crippen LogP contribution in [0.4, 0.5) is 17.1 Å². The van der Waals surface area contributed by atoms with Crippen molar-refractivity contribution in [3.05, 3.63) is 158 Å². The summed E-state index contributed by atoms with van der Waals surface area (Å²) in [5, 5.41) is 10.2. The number of aromatic nitrogens is 2. The third kappa shape index (κ3) is 3.35. The van der Waals surface area contributed by atoms with Gasteiger partial charge < -0.3 is 14.3 Å². The van der Waals surface area contributed by atoms with Gasteiger partial charge in [-0.15, -0.1) is 0 Å². The number of nitrogens with one attached hydrogen (secondary N) is 1. The molecule has 0 aliphatic carbocycles. The molecule has 0 amide bonds. The second-order valence-electron chi connectivity index (χ2n) is 13.6. The number of benzene rings is 8. The molecule has 3 aromatic heterocycles. The Bertz CT molecular complexity index is 3130. The molecule has 0 atom stereocenters. The molecular weight excluding hydrogens is 605 g/mol. The number of para-hydroxylation sites is 5. The molecule has 4 heterocycles. The molecule has 0 fully saturated rings. The van der Waals surface area contributed by atoms with Crippen LogP contribution in [0, 0.1) is 0 Å². The molecule has 12 rings (SSSR count). The minimum atomic E-state index is 1.13. The Labute approximate surface area is 288 Å². The predicted molar refractivity (Wildman–Crippen MR) is 213 cm³/mol. The minimum Gasteiger partial charge on any atom is -0.354 e. The fraction of sp³-hybridized carbons (Fsp3) is 0. The highest BCUT2D eigenvalue weighted by atomic mass is 15.1. The molecule has 1 aliphatic rings. The molecule has 1 radical (unpaired) electrons. The molecule has 1 N–H and O–H groups in total. The van der Waals surface area contributed by atoms with Gasteiger partial charge in [-0.2, -0.15) is 0 Å². The third-order valence-corrected chi connectivity index (χ3v) is 11.0. The summed E-state index contributed by atoms with van der Waals surface area (Å²) < 4.78 is 2.57. The number of aromatic amines is 1. The Morgan fingerprint density at radius 2 is 1.12 bits per heavy atom. The third-order valence-electron chi connectivity index (χ3n) is 11.0. The topological polar surface area (TPSA) is 23.4 Å². The first kappa shape index (κ1) is 26.4. The summed E-state index contributed by atoms with van der Waals surface area (Å²) >= 11 is 0. The van der Waals surface area contributed by atoms with Crippen LogP contribution in [0.2, 0.25) is 0 Å². The molecular formula is C46H27BN3. The number of H-pyrrole nitrogens is 1. The maximum atomic E-state index is 3.90. The highest BCUT2D eigenvalue weighted by Crippen LogP contribution is 2.48. The van der Waals surface area contributed by atoms with Gasteiger partial charge in [0.05, 0.1) is 22.2 Å². The monoisotopic (exact) mass is 632 g/mol. The van der Waals surface area contributed by atoms with Crippen molar-refractivity contribution in [3.8, 4) is 11.1 Å². The van der Waals surface area contributed by atoms with Crippen LogP contribution in [0.25, 0.3) is 81.8 Å². The number of hydrogen-bond donors (Lipinski definition) is 1. The maximum Gasteiger partial charge on any atom is 0.197 e. The molecule has 0 unspecified atom stereocenters. The zero-order valence-electron chi connectivity index (χ0n) is 27.0. The normalized spacial score (nSPS) is 12.6. The van der Waals surface area contributed by atoms with Gasteiger partial charge in [0.1, 0.15) is 0 Å². The van der Waals surface area contributed by atoms with Crippen LogP contribution in [0.15, 0.2) is 158 Å². The molecule has 4 heteroatoms. The first-order chi connectivity index (χ1) is 24.8. The van der Waals surface area contributed by atoms with Crippen LogP contribution in [-0.4, -0.2) is 16.7 Å². The first-order valence-corrected chi connectivity index (χ1v) is 17.3. The lowest BCUT2D eigenvalue weighted by Gasteiger charge is -2.29. The van der Waals surface area contributed by atoms with E-state index in [2.05, 4.69) is 179 Å². The Morgan fingerprint density at radius 3 is 1.90 bits per heavy atom. The predicted octanol–water partition coefficient (Wildman–Crippen LogP) is 10.7. The zero-order valence-corrected chi connectivity index (χ0v) is 27.0. The van der Waals surface area contributed by atoms with E-state index in [-0.39, 0.29) is 0 Å². The minimum absolute atomic E-state index is 1.13. The van der Waals surface area contributed by atoms with Gasteiger partial charge >= 0.3 is 0 Å². The van der Waals surface area contributed by atoms with Crippen molar-refractivity contribution in [2.45, 2.75) is 0 Å². The number of anilines is 3. The van der Waals surface area contributed by atoms with E-state index in [1.54, 1.807) is 0 Å². The van der Waals surface area contributed by atoms with Crippen molar-refractivity contribution in [1.29, 1.82) is 0 Å². The van der Waals surface area contributed by atoms with Gasteiger partial charge in [-0.1, -0.05) is 121 Å². The smallest absolute Gasteiger partial charge is 0.197 e. The van der Waals surface area contributed by atoms with E-state index in [0.29, 0.717) is 0 Å². The van der Waals surface area contributed by atoms with Crippen LogP contribution in [0.3, 0.4) is 0 Å². The molecule has 8 aromatic carbocycles. The second-order valence-corrected chi connectivity index (χ2v) is 13.6. The molecule has 0 spiro atoms. The lowest BCUT2D eigenvalue weighted by atomic mass is 9.59. The van der Waals surface area contributed by atoms with Gasteiger partial charge in [0.25, 0.3) is 0 Å². The molecule has 1 aliphatic heterocycles. The summed E-state index contributed by atoms with van der Waals surface area (Å²) in [6.45, 7) is 0. The molecule has 0 saturated carbocycles. The van der Waals surface area contributed by atoms with Gasteiger partial charge in [0, 0.05) is 60.3 Å². The Balaban J connectivity index is 1.28. The van der Waals surface area contributed by atoms with Crippen molar-refractivity contribution < 1.29 is 0 Å². The van der Waals surface area contributed by atoms with Crippen molar-refractivity contribution >= 4 is 106 Å². The summed E-state index contributed by atoms with van der Waals surface area (Å²) in [4.78, 5) is 6.35. The Hall–Kier alpha value is -6.52. The first-order valence-electron chi connectivity index (χ1n) is 17.3. The highest BCUT2D eigenvalue weighted by molar-refractivity contribution is 6.75. The summed E-state index contributed by atoms with van der Waals surface area (Å²) in [7, 11) is 2.44. The van der Waals surface area contributed by atoms with Crippen LogP contribution in [0.1, 0.15) is 0 Å². The molecule has 11 aromatic rings. The average Bonchev–Trinajstić information content (AvgIpc) is 3.83. The quantitative estimate of drug-likeness (QED) is 0.192. The Kier molecular flexibility index (Phi) is 5.05. The maximum absolute atomic E-state index is 3.90. The van der Waals surface area contributed by atoms with Crippen molar-refractivity contribution in [2.75, 3.05) is 4.90 Å². The standard InChI is InChI=1S/C46H27BN3/c1-3-14-29(15-4-1)49(30-16-5-2-6-17-30)40-26-37(32-19-9-18-31-36-24-27-12-7-8-13-28(27)25-39(36)48-43(31)32)42-46-41(40)35-22-10-20-33-34-21-11-23-38(47-42)45(34)50(46)44(33)35/h1-26,48H. The van der Waals surface area contributed by atoms with E-state index in [9.17, 15) is 0 Å². The SMILES string of the molecule is [B]1c2cccc3c4cccc5c6c(N(c7ccccc7)c7ccccc7)cc(-c7cccc8c7[nH]c7cc9ccccc9cc78)c1c6n(c23)c45. The summed E-state index contributed by atoms with van der Waals surface area (Å²) in [5.74, 6) is 0. The fourth-order valence-electron chi connectivity index (χ4n) is 8.97. The molecule has 3 nitrogen and oxygen atoms in total. The summed E-state index contributed by atoms with van der Waals surface area (Å²) in [6, 6.07) is 57.7. The van der Waals surface area contributed by atoms with Gasteiger partial charge in [-0.05, 0) is 64.3 Å². The van der Waals surface area contributed by atoms with Crippen LogP contribution < -0.4 is 15.8 Å². The molecule has 229 valence electrons. The molecule has 50 heavy (non-hydrogen) atoms. The van der Waals surface area contributed by atoms with E-state index >= 15 is 0 Å². The summed E-state index contributed by atoms with van der Waals surface area (Å²) in [5.41, 5.74) is 14.6. The fourth-order valence-corrected chi connectivity index (χ4v) is 8.97. The molecule has 0 bridgehead atoms. The van der Waals surface area contributed by atoms with Crippen LogP contribution in [-0.2, 0) is 0 Å². The van der Waals surface area contributed by atoms with E-state index in [1.807, 2.05) is 0 Å². The van der Waals surface area contributed by atoms with Gasteiger partial charge in [-0.3, -0.25) is 0 Å². The van der Waals surface area contributed by atoms with Crippen molar-refractivity contribution in [2.24, 2.45) is 0 Å². The summed E-state index contributed by atoms with van der Waals surface area (Å²) in [6.07, 6.45) is 0. The van der Waals surface area contributed by atoms with Crippen molar-refractivity contribution in [1.82, 2.24) is 9.38 Å². The average molecular weight is 633 g/mol. The lowest BCUT2D eigenvalue weighted by Crippen LogP contribution is -2.34. The van der Waals surface area contributed by atoms with E-state index in [1.165, 1.54) is 87.4 Å². The van der Waals surface area contributed by atoms with Gasteiger partial charge in [-0.25, -0.2) is 0 Å². The van der Waals surface area contributed by atoms with E-state index < -0.39 is 0 Å². The van der Waals surface area contributed by atoms with E-state index in [4.69, 9.17) is 0 Å². The molecule has 0 saturated heterocycles. The number of fused-ring (bicyclic) bond motifs is 6. The van der Waals surface area contributed by atoms with Crippen LogP contribution >= 0.6 is 0 Å². The Morgan fingerprint density at radius 1 is 0.480 bits per heavy atom. The lowest BCUT2D eigenvalue weighted by molar-refractivity contribution is 1.30. The van der Waals surface area contributed by atoms with Gasteiger partial charge in [0.2, 0.25) is 0 Å². The second kappa shape index (κ2) is 9.55. The zero-order chi connectivity index (χ0) is 32.5. The largest absolute Gasteiger partial charge is 0.354 e. The van der Waals surface area contributed by atoms with Crippen molar-refractivity contribution in [3.63, 3.8) is 0 Å². The van der Waals surface area contributed by atoms with E-state index in [0.717, 1.165) is 22.4 Å².